The van der Waals surface area contributed by atoms with E-state index >= 15 is 0 Å². The summed E-state index contributed by atoms with van der Waals surface area (Å²) in [6, 6.07) is 7.77. The lowest BCUT2D eigenvalue weighted by atomic mass is 9.91. The van der Waals surface area contributed by atoms with E-state index in [-0.39, 0.29) is 0 Å². The lowest BCUT2D eigenvalue weighted by molar-refractivity contribution is -0.141. The average molecular weight is 303 g/mol. The fourth-order valence-electron chi connectivity index (χ4n) is 1.86. The van der Waals surface area contributed by atoms with Gasteiger partial charge in [-0.1, -0.05) is 44.5 Å². The summed E-state index contributed by atoms with van der Waals surface area (Å²) in [7, 11) is 0. The summed E-state index contributed by atoms with van der Waals surface area (Å²) in [5.74, 6) is 0. The summed E-state index contributed by atoms with van der Waals surface area (Å²) < 4.78 is 39.9. The molecule has 0 amide bonds. The highest BCUT2D eigenvalue weighted by molar-refractivity contribution is 6.32. The van der Waals surface area contributed by atoms with Gasteiger partial charge in [-0.05, 0) is 18.2 Å². The molecule has 108 valence electrons. The molecule has 0 atom stereocenters. The van der Waals surface area contributed by atoms with Crippen LogP contribution in [0.1, 0.15) is 32.2 Å². The van der Waals surface area contributed by atoms with E-state index in [4.69, 9.17) is 11.6 Å². The number of hydrogen-bond donors (Lipinski definition) is 0. The molecule has 2 aromatic rings. The Hall–Kier alpha value is -1.49. The Morgan fingerprint density at radius 2 is 1.70 bits per heavy atom. The van der Waals surface area contributed by atoms with E-state index < -0.39 is 17.3 Å². The topological polar surface area (TPSA) is 17.8 Å². The summed E-state index contributed by atoms with van der Waals surface area (Å²) >= 11 is 6.06. The third-order valence-corrected chi connectivity index (χ3v) is 3.17. The number of halogens is 4. The van der Waals surface area contributed by atoms with Crippen molar-refractivity contribution >= 4 is 11.6 Å². The second-order valence-corrected chi connectivity index (χ2v) is 5.93. The van der Waals surface area contributed by atoms with Crippen LogP contribution >= 0.6 is 11.6 Å². The molecule has 0 saturated heterocycles. The van der Waals surface area contributed by atoms with Crippen molar-refractivity contribution in [1.29, 1.82) is 0 Å². The number of hydrogen-bond acceptors (Lipinski definition) is 1. The average Bonchev–Trinajstić information content (AvgIpc) is 2.73. The SMILES string of the molecule is CC(C)(C)c1cc(C(F)(F)F)nn1-c1ccccc1Cl. The van der Waals surface area contributed by atoms with Gasteiger partial charge in [0.2, 0.25) is 0 Å². The van der Waals surface area contributed by atoms with Crippen LogP contribution in [0.25, 0.3) is 5.69 Å². The van der Waals surface area contributed by atoms with Crippen LogP contribution in [0.4, 0.5) is 13.2 Å². The van der Waals surface area contributed by atoms with Crippen molar-refractivity contribution in [2.75, 3.05) is 0 Å². The second-order valence-electron chi connectivity index (χ2n) is 5.53. The van der Waals surface area contributed by atoms with Crippen molar-refractivity contribution in [3.63, 3.8) is 0 Å². The minimum Gasteiger partial charge on any atom is -0.235 e. The predicted octanol–water partition coefficient (Wildman–Crippen LogP) is 4.84. The minimum absolute atomic E-state index is 0.356. The predicted molar refractivity (Wildman–Crippen MR) is 72.3 cm³/mol. The summed E-state index contributed by atoms with van der Waals surface area (Å²) in [5.41, 5.74) is -0.509. The van der Waals surface area contributed by atoms with Crippen LogP contribution in [0, 0.1) is 0 Å². The Morgan fingerprint density at radius 3 is 2.20 bits per heavy atom. The maximum atomic E-state index is 12.9. The molecule has 0 aliphatic heterocycles. The summed E-state index contributed by atoms with van der Waals surface area (Å²) in [6.07, 6.45) is -4.48. The molecule has 0 aliphatic carbocycles. The number of benzene rings is 1. The van der Waals surface area contributed by atoms with Crippen molar-refractivity contribution < 1.29 is 13.2 Å². The molecule has 1 aromatic carbocycles. The molecule has 0 radical (unpaired) electrons. The van der Waals surface area contributed by atoms with Crippen LogP contribution in [0.15, 0.2) is 30.3 Å². The quantitative estimate of drug-likeness (QED) is 0.737. The highest BCUT2D eigenvalue weighted by atomic mass is 35.5. The Morgan fingerprint density at radius 1 is 1.10 bits per heavy atom. The fourth-order valence-corrected chi connectivity index (χ4v) is 2.08. The van der Waals surface area contributed by atoms with Crippen molar-refractivity contribution in [3.8, 4) is 5.69 Å². The molecule has 0 saturated carbocycles. The molecule has 0 fully saturated rings. The molecular formula is C14H14ClF3N2. The molecule has 0 aliphatic rings. The van der Waals surface area contributed by atoms with Crippen LogP contribution < -0.4 is 0 Å². The van der Waals surface area contributed by atoms with Crippen molar-refractivity contribution in [2.45, 2.75) is 32.4 Å². The van der Waals surface area contributed by atoms with Crippen molar-refractivity contribution in [2.24, 2.45) is 0 Å². The van der Waals surface area contributed by atoms with E-state index in [0.717, 1.165) is 6.07 Å². The van der Waals surface area contributed by atoms with Gasteiger partial charge in [0.05, 0.1) is 16.4 Å². The van der Waals surface area contributed by atoms with Gasteiger partial charge in [-0.2, -0.15) is 18.3 Å². The van der Waals surface area contributed by atoms with Gasteiger partial charge in [-0.3, -0.25) is 0 Å². The van der Waals surface area contributed by atoms with Crippen LogP contribution in [0.2, 0.25) is 5.02 Å². The molecule has 20 heavy (non-hydrogen) atoms. The Kier molecular flexibility index (Phi) is 3.58. The third kappa shape index (κ3) is 2.82. The first-order chi connectivity index (χ1) is 9.10. The van der Waals surface area contributed by atoms with E-state index in [0.29, 0.717) is 16.4 Å². The highest BCUT2D eigenvalue weighted by Crippen LogP contribution is 2.34. The van der Waals surface area contributed by atoms with Crippen molar-refractivity contribution in [1.82, 2.24) is 9.78 Å². The van der Waals surface area contributed by atoms with Gasteiger partial charge >= 0.3 is 6.18 Å². The highest BCUT2D eigenvalue weighted by Gasteiger charge is 2.37. The maximum absolute atomic E-state index is 12.9. The van der Waals surface area contributed by atoms with E-state index in [1.165, 1.54) is 4.68 Å². The molecule has 0 N–H and O–H groups in total. The first-order valence-electron chi connectivity index (χ1n) is 6.03. The molecular weight excluding hydrogens is 289 g/mol. The lowest BCUT2D eigenvalue weighted by Crippen LogP contribution is -2.17. The zero-order chi connectivity index (χ0) is 15.1. The lowest BCUT2D eigenvalue weighted by Gasteiger charge is -2.20. The van der Waals surface area contributed by atoms with Crippen molar-refractivity contribution in [3.05, 3.63) is 46.7 Å². The van der Waals surface area contributed by atoms with Crippen LogP contribution in [0.3, 0.4) is 0 Å². The monoisotopic (exact) mass is 302 g/mol. The number of nitrogens with zero attached hydrogens (tertiary/aromatic N) is 2. The fraction of sp³-hybridized carbons (Fsp3) is 0.357. The Bertz CT molecular complexity index is 624. The number of aromatic nitrogens is 2. The molecule has 2 nitrogen and oxygen atoms in total. The van der Waals surface area contributed by atoms with Crippen LogP contribution in [-0.2, 0) is 11.6 Å². The molecule has 2 rings (SSSR count). The van der Waals surface area contributed by atoms with Gasteiger partial charge in [-0.25, -0.2) is 4.68 Å². The van der Waals surface area contributed by atoms with Gasteiger partial charge in [0.15, 0.2) is 5.69 Å². The maximum Gasteiger partial charge on any atom is 0.435 e. The number of rotatable bonds is 1. The minimum atomic E-state index is -4.48. The van der Waals surface area contributed by atoms with Gasteiger partial charge in [0.1, 0.15) is 0 Å². The zero-order valence-corrected chi connectivity index (χ0v) is 12.0. The van der Waals surface area contributed by atoms with Crippen LogP contribution in [0.5, 0.6) is 0 Å². The normalized spacial score (nSPS) is 12.8. The number of alkyl halides is 3. The van der Waals surface area contributed by atoms with Gasteiger partial charge in [-0.15, -0.1) is 0 Å². The molecule has 6 heteroatoms. The summed E-state index contributed by atoms with van der Waals surface area (Å²) in [5, 5.41) is 4.04. The first kappa shape index (κ1) is 14.9. The summed E-state index contributed by atoms with van der Waals surface area (Å²) in [4.78, 5) is 0. The molecule has 0 bridgehead atoms. The van der Waals surface area contributed by atoms with Gasteiger partial charge in [0, 0.05) is 5.41 Å². The second kappa shape index (κ2) is 4.81. The Balaban J connectivity index is 2.69. The third-order valence-electron chi connectivity index (χ3n) is 2.85. The Labute approximate surface area is 120 Å². The zero-order valence-electron chi connectivity index (χ0n) is 11.3. The van der Waals surface area contributed by atoms with E-state index in [9.17, 15) is 13.2 Å². The van der Waals surface area contributed by atoms with Gasteiger partial charge < -0.3 is 0 Å². The van der Waals surface area contributed by atoms with Gasteiger partial charge in [0.25, 0.3) is 0 Å². The van der Waals surface area contributed by atoms with E-state index in [1.807, 2.05) is 20.8 Å². The molecule has 0 unspecified atom stereocenters. The molecule has 0 spiro atoms. The van der Waals surface area contributed by atoms with E-state index in [1.54, 1.807) is 24.3 Å². The summed E-state index contributed by atoms with van der Waals surface area (Å²) in [6.45, 7) is 5.49. The molecule has 1 heterocycles. The first-order valence-corrected chi connectivity index (χ1v) is 6.41. The smallest absolute Gasteiger partial charge is 0.235 e. The standard InChI is InChI=1S/C14H14ClF3N2/c1-13(2,3)12-8-11(14(16,17)18)19-20(12)10-7-5-4-6-9(10)15/h4-8H,1-3H3. The molecule has 1 aromatic heterocycles. The number of para-hydroxylation sites is 1. The van der Waals surface area contributed by atoms with E-state index in [2.05, 4.69) is 5.10 Å². The van der Waals surface area contributed by atoms with Crippen LogP contribution in [-0.4, -0.2) is 9.78 Å². The largest absolute Gasteiger partial charge is 0.435 e.